The number of urea groups is 1. The van der Waals surface area contributed by atoms with Gasteiger partial charge in [-0.1, -0.05) is 11.8 Å². The molecule has 150 valence electrons. The Kier molecular flexibility index (Phi) is 5.43. The number of imidazole rings is 1. The highest BCUT2D eigenvalue weighted by atomic mass is 32.2. The Morgan fingerprint density at radius 2 is 2.00 bits per heavy atom. The molecule has 0 unspecified atom stereocenters. The molecule has 0 aliphatic carbocycles. The number of hydrogen-bond donors (Lipinski definition) is 3. The number of fused-ring (bicyclic) bond motifs is 2. The summed E-state index contributed by atoms with van der Waals surface area (Å²) in [7, 11) is 1.59. The molecule has 0 saturated heterocycles. The molecule has 0 saturated carbocycles. The molecule has 3 aromatic rings. The fraction of sp³-hybridized carbons (Fsp3) is 0.211. The van der Waals surface area contributed by atoms with Crippen molar-refractivity contribution in [1.29, 1.82) is 0 Å². The number of ether oxygens (including phenoxy) is 3. The number of aromatic nitrogens is 2. The van der Waals surface area contributed by atoms with E-state index in [9.17, 15) is 9.59 Å². The maximum atomic E-state index is 12.1. The van der Waals surface area contributed by atoms with Crippen LogP contribution in [-0.4, -0.2) is 48.0 Å². The molecule has 0 spiro atoms. The van der Waals surface area contributed by atoms with Gasteiger partial charge in [-0.05, 0) is 24.3 Å². The number of thioether (sulfide) groups is 1. The van der Waals surface area contributed by atoms with E-state index >= 15 is 0 Å². The molecular formula is C19H18N4O5S. The summed E-state index contributed by atoms with van der Waals surface area (Å²) in [5.74, 6) is 1.48. The lowest BCUT2D eigenvalue weighted by Gasteiger charge is -2.19. The molecule has 29 heavy (non-hydrogen) atoms. The van der Waals surface area contributed by atoms with Crippen molar-refractivity contribution in [2.75, 3.05) is 31.4 Å². The van der Waals surface area contributed by atoms with Gasteiger partial charge in [0.25, 0.3) is 0 Å². The Labute approximate surface area is 170 Å². The highest BCUT2D eigenvalue weighted by Crippen LogP contribution is 2.32. The molecule has 3 amide bonds. The van der Waals surface area contributed by atoms with Gasteiger partial charge in [0.05, 0.1) is 23.9 Å². The third-order valence-corrected chi connectivity index (χ3v) is 4.93. The maximum absolute atomic E-state index is 12.1. The number of hydrogen-bond acceptors (Lipinski definition) is 7. The minimum absolute atomic E-state index is 0.0332. The molecule has 0 bridgehead atoms. The molecular weight excluding hydrogens is 396 g/mol. The minimum atomic E-state index is -0.623. The van der Waals surface area contributed by atoms with Gasteiger partial charge < -0.3 is 24.5 Å². The topological polar surface area (TPSA) is 115 Å². The molecule has 2 heterocycles. The second kappa shape index (κ2) is 8.31. The van der Waals surface area contributed by atoms with Gasteiger partial charge in [0.1, 0.15) is 19.0 Å². The highest BCUT2D eigenvalue weighted by molar-refractivity contribution is 7.99. The van der Waals surface area contributed by atoms with Crippen LogP contribution in [0, 0.1) is 0 Å². The largest absolute Gasteiger partial charge is 0.497 e. The van der Waals surface area contributed by atoms with Gasteiger partial charge in [0.2, 0.25) is 5.91 Å². The van der Waals surface area contributed by atoms with Crippen molar-refractivity contribution in [3.05, 3.63) is 36.4 Å². The Morgan fingerprint density at radius 1 is 1.17 bits per heavy atom. The third kappa shape index (κ3) is 4.54. The van der Waals surface area contributed by atoms with E-state index < -0.39 is 11.9 Å². The van der Waals surface area contributed by atoms with E-state index in [2.05, 4.69) is 20.6 Å². The summed E-state index contributed by atoms with van der Waals surface area (Å²) in [5, 5.41) is 5.47. The van der Waals surface area contributed by atoms with E-state index in [1.165, 1.54) is 11.8 Å². The Balaban J connectivity index is 1.29. The zero-order valence-corrected chi connectivity index (χ0v) is 16.3. The molecule has 0 radical (unpaired) electrons. The predicted octanol–water partition coefficient (Wildman–Crippen LogP) is 2.78. The smallest absolute Gasteiger partial charge is 0.325 e. The minimum Gasteiger partial charge on any atom is -0.497 e. The number of anilines is 1. The lowest BCUT2D eigenvalue weighted by atomic mass is 10.2. The van der Waals surface area contributed by atoms with E-state index in [1.54, 1.807) is 25.3 Å². The first-order valence-corrected chi connectivity index (χ1v) is 9.76. The fourth-order valence-electron chi connectivity index (χ4n) is 2.74. The van der Waals surface area contributed by atoms with Crippen LogP contribution in [0.25, 0.3) is 11.0 Å². The van der Waals surface area contributed by atoms with Crippen LogP contribution >= 0.6 is 11.8 Å². The molecule has 1 aromatic heterocycles. The van der Waals surface area contributed by atoms with E-state index in [0.29, 0.717) is 41.3 Å². The monoisotopic (exact) mass is 414 g/mol. The molecule has 0 atom stereocenters. The molecule has 9 nitrogen and oxygen atoms in total. The number of amides is 3. The zero-order valence-electron chi connectivity index (χ0n) is 15.5. The number of nitrogens with one attached hydrogen (secondary N) is 3. The lowest BCUT2D eigenvalue weighted by Crippen LogP contribution is -2.35. The van der Waals surface area contributed by atoms with Gasteiger partial charge in [-0.25, -0.2) is 9.78 Å². The number of carbonyl (C=O) groups excluding carboxylic acids is 2. The van der Waals surface area contributed by atoms with Gasteiger partial charge in [-0.15, -0.1) is 0 Å². The van der Waals surface area contributed by atoms with Crippen LogP contribution in [0.2, 0.25) is 0 Å². The van der Waals surface area contributed by atoms with Gasteiger partial charge in [0.15, 0.2) is 16.7 Å². The van der Waals surface area contributed by atoms with Crippen molar-refractivity contribution in [1.82, 2.24) is 15.3 Å². The first-order valence-electron chi connectivity index (χ1n) is 8.78. The Hall–Kier alpha value is -3.40. The summed E-state index contributed by atoms with van der Waals surface area (Å²) in [6.45, 7) is 0.943. The molecule has 1 aliphatic rings. The number of imide groups is 1. The lowest BCUT2D eigenvalue weighted by molar-refractivity contribution is -0.117. The van der Waals surface area contributed by atoms with E-state index in [1.807, 2.05) is 18.2 Å². The summed E-state index contributed by atoms with van der Waals surface area (Å²) < 4.78 is 16.1. The van der Waals surface area contributed by atoms with Gasteiger partial charge in [-0.3, -0.25) is 10.1 Å². The van der Waals surface area contributed by atoms with Crippen molar-refractivity contribution in [3.8, 4) is 17.2 Å². The standard InChI is InChI=1S/C19H18N4O5S/c1-26-12-3-4-13-14(9-12)22-19(21-13)29-10-17(24)23-18(25)20-11-2-5-15-16(8-11)28-7-6-27-15/h2-5,8-9H,6-7,10H2,1H3,(H,21,22)(H2,20,23,24,25). The molecule has 0 fully saturated rings. The zero-order chi connectivity index (χ0) is 20.2. The second-order valence-corrected chi connectivity index (χ2v) is 7.04. The average molecular weight is 414 g/mol. The summed E-state index contributed by atoms with van der Waals surface area (Å²) in [6.07, 6.45) is 0. The average Bonchev–Trinajstić information content (AvgIpc) is 3.14. The van der Waals surface area contributed by atoms with Crippen molar-refractivity contribution >= 4 is 40.4 Å². The van der Waals surface area contributed by atoms with Crippen LogP contribution in [0.1, 0.15) is 0 Å². The van der Waals surface area contributed by atoms with Crippen molar-refractivity contribution in [3.63, 3.8) is 0 Å². The quantitative estimate of drug-likeness (QED) is 0.550. The van der Waals surface area contributed by atoms with Crippen LogP contribution in [0.3, 0.4) is 0 Å². The molecule has 3 N–H and O–H groups in total. The van der Waals surface area contributed by atoms with E-state index in [-0.39, 0.29) is 5.75 Å². The summed E-state index contributed by atoms with van der Waals surface area (Å²) in [5.41, 5.74) is 2.08. The molecule has 10 heteroatoms. The first-order chi connectivity index (χ1) is 14.1. The van der Waals surface area contributed by atoms with Crippen molar-refractivity contribution in [2.45, 2.75) is 5.16 Å². The number of H-pyrrole nitrogens is 1. The second-order valence-electron chi connectivity index (χ2n) is 6.07. The first kappa shape index (κ1) is 18.9. The third-order valence-electron chi connectivity index (χ3n) is 4.06. The van der Waals surface area contributed by atoms with Crippen molar-refractivity contribution in [2.24, 2.45) is 0 Å². The van der Waals surface area contributed by atoms with Gasteiger partial charge >= 0.3 is 6.03 Å². The number of benzene rings is 2. The highest BCUT2D eigenvalue weighted by Gasteiger charge is 2.14. The van der Waals surface area contributed by atoms with Crippen LogP contribution < -0.4 is 24.8 Å². The summed E-state index contributed by atoms with van der Waals surface area (Å²) in [6, 6.07) is 9.88. The predicted molar refractivity (Wildman–Crippen MR) is 108 cm³/mol. The van der Waals surface area contributed by atoms with Crippen LogP contribution in [0.5, 0.6) is 17.2 Å². The van der Waals surface area contributed by atoms with Crippen LogP contribution in [0.4, 0.5) is 10.5 Å². The number of nitrogens with zero attached hydrogens (tertiary/aromatic N) is 1. The number of rotatable bonds is 5. The van der Waals surface area contributed by atoms with Crippen molar-refractivity contribution < 1.29 is 23.8 Å². The normalized spacial score (nSPS) is 12.4. The number of aromatic amines is 1. The molecule has 1 aliphatic heterocycles. The van der Waals surface area contributed by atoms with Gasteiger partial charge in [-0.2, -0.15) is 0 Å². The summed E-state index contributed by atoms with van der Waals surface area (Å²) >= 11 is 1.20. The SMILES string of the molecule is COc1ccc2nc(SCC(=O)NC(=O)Nc3ccc4c(c3)OCCO4)[nH]c2c1. The van der Waals surface area contributed by atoms with Crippen LogP contribution in [0.15, 0.2) is 41.6 Å². The Bertz CT molecular complexity index is 1070. The molecule has 4 rings (SSSR count). The number of carbonyl (C=O) groups is 2. The fourth-order valence-corrected chi connectivity index (χ4v) is 3.43. The van der Waals surface area contributed by atoms with E-state index in [0.717, 1.165) is 11.0 Å². The van der Waals surface area contributed by atoms with Gasteiger partial charge in [0, 0.05) is 17.8 Å². The van der Waals surface area contributed by atoms with Crippen LogP contribution in [-0.2, 0) is 4.79 Å². The van der Waals surface area contributed by atoms with E-state index in [4.69, 9.17) is 14.2 Å². The Morgan fingerprint density at radius 3 is 2.83 bits per heavy atom. The number of methoxy groups -OCH3 is 1. The summed E-state index contributed by atoms with van der Waals surface area (Å²) in [4.78, 5) is 31.6. The maximum Gasteiger partial charge on any atom is 0.325 e. The molecule has 2 aromatic carbocycles.